The van der Waals surface area contributed by atoms with Gasteiger partial charge in [-0.3, -0.25) is 4.79 Å². The topological polar surface area (TPSA) is 20.3 Å². The molecule has 15 heavy (non-hydrogen) atoms. The summed E-state index contributed by atoms with van der Waals surface area (Å²) in [6.07, 6.45) is 5.99. The number of hydrogen-bond donors (Lipinski definition) is 0. The summed E-state index contributed by atoms with van der Waals surface area (Å²) in [7, 11) is 1.93. The van der Waals surface area contributed by atoms with E-state index in [4.69, 9.17) is 0 Å². The molecule has 0 aromatic carbocycles. The van der Waals surface area contributed by atoms with Crippen LogP contribution in [0.4, 0.5) is 0 Å². The maximum Gasteiger partial charge on any atom is 0.225 e. The lowest BCUT2D eigenvalue weighted by Gasteiger charge is -2.31. The minimum absolute atomic E-state index is 0.306. The van der Waals surface area contributed by atoms with E-state index in [0.29, 0.717) is 17.9 Å². The summed E-state index contributed by atoms with van der Waals surface area (Å²) in [5.41, 5.74) is 0. The van der Waals surface area contributed by atoms with Crippen molar-refractivity contribution in [1.29, 1.82) is 0 Å². The number of rotatable bonds is 3. The third-order valence-electron chi connectivity index (χ3n) is 3.90. The summed E-state index contributed by atoms with van der Waals surface area (Å²) in [5.74, 6) is 1.54. The molecule has 2 nitrogen and oxygen atoms in total. The molecule has 0 aliphatic heterocycles. The summed E-state index contributed by atoms with van der Waals surface area (Å²) in [6.45, 7) is 6.41. The average Bonchev–Trinajstić information content (AvgIpc) is 2.27. The first kappa shape index (κ1) is 12.5. The first-order valence-electron chi connectivity index (χ1n) is 6.32. The highest BCUT2D eigenvalue weighted by molar-refractivity contribution is 5.78. The zero-order valence-corrected chi connectivity index (χ0v) is 10.6. The highest BCUT2D eigenvalue weighted by atomic mass is 16.2. The fraction of sp³-hybridized carbons (Fsp3) is 0.923. The van der Waals surface area contributed by atoms with Crippen molar-refractivity contribution in [2.75, 3.05) is 7.05 Å². The predicted molar refractivity (Wildman–Crippen MR) is 63.6 cm³/mol. The molecule has 0 heterocycles. The van der Waals surface area contributed by atoms with Crippen LogP contribution in [-0.2, 0) is 4.79 Å². The molecule has 1 saturated carbocycles. The molecule has 0 radical (unpaired) electrons. The summed E-state index contributed by atoms with van der Waals surface area (Å²) in [5, 5.41) is 0. The van der Waals surface area contributed by atoms with E-state index in [1.807, 2.05) is 11.9 Å². The fourth-order valence-corrected chi connectivity index (χ4v) is 2.36. The van der Waals surface area contributed by atoms with E-state index in [9.17, 15) is 4.79 Å². The van der Waals surface area contributed by atoms with Gasteiger partial charge in [-0.2, -0.15) is 0 Å². The first-order valence-corrected chi connectivity index (χ1v) is 6.32. The number of carbonyl (C=O) groups excluding carboxylic acids is 1. The normalized spacial score (nSPS) is 26.7. The Kier molecular flexibility index (Phi) is 4.62. The van der Waals surface area contributed by atoms with Gasteiger partial charge in [0.2, 0.25) is 5.91 Å². The van der Waals surface area contributed by atoms with Crippen molar-refractivity contribution in [2.24, 2.45) is 11.8 Å². The van der Waals surface area contributed by atoms with Crippen LogP contribution in [0.3, 0.4) is 0 Å². The third-order valence-corrected chi connectivity index (χ3v) is 3.90. The minimum Gasteiger partial charge on any atom is -0.343 e. The maximum atomic E-state index is 12.1. The van der Waals surface area contributed by atoms with Crippen molar-refractivity contribution < 1.29 is 4.79 Å². The van der Waals surface area contributed by atoms with Gasteiger partial charge in [-0.05, 0) is 45.4 Å². The van der Waals surface area contributed by atoms with Crippen molar-refractivity contribution in [2.45, 2.75) is 58.9 Å². The summed E-state index contributed by atoms with van der Waals surface area (Å²) < 4.78 is 0. The van der Waals surface area contributed by atoms with Gasteiger partial charge in [0.1, 0.15) is 0 Å². The van der Waals surface area contributed by atoms with Crippen molar-refractivity contribution in [3.63, 3.8) is 0 Å². The molecule has 2 heteroatoms. The molecule has 1 aliphatic rings. The largest absolute Gasteiger partial charge is 0.343 e. The van der Waals surface area contributed by atoms with Crippen LogP contribution in [0, 0.1) is 11.8 Å². The van der Waals surface area contributed by atoms with Crippen LogP contribution < -0.4 is 0 Å². The zero-order chi connectivity index (χ0) is 11.4. The molecule has 0 unspecified atom stereocenters. The number of hydrogen-bond acceptors (Lipinski definition) is 1. The predicted octanol–water partition coefficient (Wildman–Crippen LogP) is 3.07. The van der Waals surface area contributed by atoms with Crippen LogP contribution in [0.25, 0.3) is 0 Å². The van der Waals surface area contributed by atoms with Crippen molar-refractivity contribution >= 4 is 5.91 Å². The van der Waals surface area contributed by atoms with Crippen LogP contribution >= 0.6 is 0 Å². The van der Waals surface area contributed by atoms with Gasteiger partial charge in [-0.15, -0.1) is 0 Å². The molecule has 0 aromatic heterocycles. The lowest BCUT2D eigenvalue weighted by Crippen LogP contribution is -2.39. The molecule has 0 aromatic rings. The maximum absolute atomic E-state index is 12.1. The second-order valence-corrected chi connectivity index (χ2v) is 5.17. The molecule has 0 spiro atoms. The van der Waals surface area contributed by atoms with Crippen LogP contribution in [-0.4, -0.2) is 23.9 Å². The molecule has 0 saturated heterocycles. The van der Waals surface area contributed by atoms with Gasteiger partial charge in [-0.1, -0.05) is 13.3 Å². The molecule has 88 valence electrons. The van der Waals surface area contributed by atoms with E-state index < -0.39 is 0 Å². The molecule has 1 amide bonds. The Morgan fingerprint density at radius 2 is 1.80 bits per heavy atom. The van der Waals surface area contributed by atoms with Crippen LogP contribution in [0.5, 0.6) is 0 Å². The van der Waals surface area contributed by atoms with E-state index in [2.05, 4.69) is 20.8 Å². The van der Waals surface area contributed by atoms with Crippen molar-refractivity contribution in [3.8, 4) is 0 Å². The van der Waals surface area contributed by atoms with Crippen molar-refractivity contribution in [3.05, 3.63) is 0 Å². The van der Waals surface area contributed by atoms with E-state index in [0.717, 1.165) is 18.8 Å². The molecule has 1 aliphatic carbocycles. The Balaban J connectivity index is 2.42. The molecule has 1 fully saturated rings. The van der Waals surface area contributed by atoms with Gasteiger partial charge >= 0.3 is 0 Å². The van der Waals surface area contributed by atoms with E-state index in [1.54, 1.807) is 0 Å². The summed E-state index contributed by atoms with van der Waals surface area (Å²) >= 11 is 0. The number of nitrogens with zero attached hydrogens (tertiary/aromatic N) is 1. The van der Waals surface area contributed by atoms with E-state index >= 15 is 0 Å². The van der Waals surface area contributed by atoms with Gasteiger partial charge in [0, 0.05) is 19.0 Å². The summed E-state index contributed by atoms with van der Waals surface area (Å²) in [4.78, 5) is 14.0. The van der Waals surface area contributed by atoms with Crippen molar-refractivity contribution in [1.82, 2.24) is 4.90 Å². The monoisotopic (exact) mass is 211 g/mol. The standard InChI is InChI=1S/C13H25NO/c1-5-11-6-8-12(9-7-11)13(15)14(4)10(2)3/h10-12H,5-9H2,1-4H3/t11-,12-. The second kappa shape index (κ2) is 5.53. The van der Waals surface area contributed by atoms with Gasteiger partial charge < -0.3 is 4.90 Å². The lowest BCUT2D eigenvalue weighted by atomic mass is 9.80. The zero-order valence-electron chi connectivity index (χ0n) is 10.6. The van der Waals surface area contributed by atoms with Crippen LogP contribution in [0.1, 0.15) is 52.9 Å². The Morgan fingerprint density at radius 1 is 1.27 bits per heavy atom. The lowest BCUT2D eigenvalue weighted by molar-refractivity contribution is -0.137. The van der Waals surface area contributed by atoms with E-state index in [-0.39, 0.29) is 0 Å². The quantitative estimate of drug-likeness (QED) is 0.702. The Labute approximate surface area is 94.0 Å². The van der Waals surface area contributed by atoms with Gasteiger partial charge in [0.25, 0.3) is 0 Å². The first-order chi connectivity index (χ1) is 7.06. The third kappa shape index (κ3) is 3.22. The van der Waals surface area contributed by atoms with Gasteiger partial charge in [0.05, 0.1) is 0 Å². The Hall–Kier alpha value is -0.530. The number of amides is 1. The van der Waals surface area contributed by atoms with Gasteiger partial charge in [0.15, 0.2) is 0 Å². The number of carbonyl (C=O) groups is 1. The highest BCUT2D eigenvalue weighted by Crippen LogP contribution is 2.31. The van der Waals surface area contributed by atoms with Crippen LogP contribution in [0.2, 0.25) is 0 Å². The molecule has 1 rings (SSSR count). The minimum atomic E-state index is 0.306. The average molecular weight is 211 g/mol. The smallest absolute Gasteiger partial charge is 0.225 e. The molecular formula is C13H25NO. The molecule has 0 bridgehead atoms. The molecular weight excluding hydrogens is 186 g/mol. The fourth-order valence-electron chi connectivity index (χ4n) is 2.36. The Bertz CT molecular complexity index is 205. The van der Waals surface area contributed by atoms with Gasteiger partial charge in [-0.25, -0.2) is 0 Å². The van der Waals surface area contributed by atoms with E-state index in [1.165, 1.54) is 19.3 Å². The second-order valence-electron chi connectivity index (χ2n) is 5.17. The molecule has 0 N–H and O–H groups in total. The molecule has 0 atom stereocenters. The Morgan fingerprint density at radius 3 is 2.20 bits per heavy atom. The highest BCUT2D eigenvalue weighted by Gasteiger charge is 2.28. The summed E-state index contributed by atoms with van der Waals surface area (Å²) in [6, 6.07) is 0.335. The SMILES string of the molecule is CC[C@H]1CC[C@H](C(=O)N(C)C(C)C)CC1. The van der Waals surface area contributed by atoms with Crippen LogP contribution in [0.15, 0.2) is 0 Å².